The molecule has 0 aliphatic carbocycles. The van der Waals surface area contributed by atoms with Crippen LogP contribution in [0.2, 0.25) is 0 Å². The normalized spacial score (nSPS) is 11.9. The van der Waals surface area contributed by atoms with Crippen molar-refractivity contribution in [3.63, 3.8) is 0 Å². The van der Waals surface area contributed by atoms with Crippen LogP contribution >= 0.6 is 0 Å². The van der Waals surface area contributed by atoms with Crippen LogP contribution in [0.1, 0.15) is 30.1 Å². The second-order valence-corrected chi connectivity index (χ2v) is 4.74. The predicted molar refractivity (Wildman–Crippen MR) is 79.5 cm³/mol. The van der Waals surface area contributed by atoms with Gasteiger partial charge in [-0.25, -0.2) is 4.79 Å². The molecule has 6 heteroatoms. The summed E-state index contributed by atoms with van der Waals surface area (Å²) in [6.45, 7) is 0.508. The molecule has 1 aromatic carbocycles. The molecule has 21 heavy (non-hydrogen) atoms. The maximum atomic E-state index is 12.0. The van der Waals surface area contributed by atoms with Crippen LogP contribution in [-0.2, 0) is 6.54 Å². The van der Waals surface area contributed by atoms with Crippen molar-refractivity contribution >= 4 is 6.03 Å². The van der Waals surface area contributed by atoms with E-state index in [0.29, 0.717) is 19.4 Å². The molecule has 2 rings (SSSR count). The number of H-pyrrole nitrogens is 1. The molecule has 0 bridgehead atoms. The van der Waals surface area contributed by atoms with Gasteiger partial charge in [-0.3, -0.25) is 5.10 Å². The monoisotopic (exact) mass is 288 g/mol. The van der Waals surface area contributed by atoms with Gasteiger partial charge in [-0.2, -0.15) is 5.10 Å². The van der Waals surface area contributed by atoms with Crippen LogP contribution in [0.5, 0.6) is 0 Å². The van der Waals surface area contributed by atoms with Crippen LogP contribution in [0.15, 0.2) is 42.6 Å². The van der Waals surface area contributed by atoms with E-state index in [1.54, 1.807) is 12.3 Å². The highest BCUT2D eigenvalue weighted by molar-refractivity contribution is 5.74. The first-order chi connectivity index (χ1) is 10.3. The standard InChI is InChI=1S/C15H20N4O2/c20-10-4-7-14(12-5-2-1-3-6-12)18-15(21)16-11-13-8-9-17-19-13/h1-3,5-6,8-9,14,20H,4,7,10-11H2,(H,17,19)(H2,16,18,21). The van der Waals surface area contributed by atoms with Crippen LogP contribution in [-0.4, -0.2) is 27.9 Å². The van der Waals surface area contributed by atoms with Crippen molar-refractivity contribution in [2.45, 2.75) is 25.4 Å². The zero-order chi connectivity index (χ0) is 14.9. The molecular weight excluding hydrogens is 268 g/mol. The fourth-order valence-electron chi connectivity index (χ4n) is 2.07. The third-order valence-electron chi connectivity index (χ3n) is 3.16. The lowest BCUT2D eigenvalue weighted by Gasteiger charge is -2.19. The lowest BCUT2D eigenvalue weighted by atomic mass is 10.0. The Morgan fingerprint density at radius 1 is 1.29 bits per heavy atom. The van der Waals surface area contributed by atoms with Gasteiger partial charge < -0.3 is 15.7 Å². The van der Waals surface area contributed by atoms with Gasteiger partial charge >= 0.3 is 6.03 Å². The summed E-state index contributed by atoms with van der Waals surface area (Å²) >= 11 is 0. The number of carbonyl (C=O) groups is 1. The molecule has 6 nitrogen and oxygen atoms in total. The summed E-state index contributed by atoms with van der Waals surface area (Å²) in [5, 5.41) is 21.3. The number of benzene rings is 1. The third-order valence-corrected chi connectivity index (χ3v) is 3.16. The SMILES string of the molecule is O=C(NCc1ccn[nH]1)NC(CCCO)c1ccccc1. The Morgan fingerprint density at radius 2 is 2.10 bits per heavy atom. The zero-order valence-electron chi connectivity index (χ0n) is 11.7. The van der Waals surface area contributed by atoms with Gasteiger partial charge in [0.15, 0.2) is 0 Å². The molecule has 0 spiro atoms. The van der Waals surface area contributed by atoms with Gasteiger partial charge in [0.05, 0.1) is 18.3 Å². The van der Waals surface area contributed by atoms with Crippen molar-refractivity contribution < 1.29 is 9.90 Å². The number of aliphatic hydroxyl groups is 1. The number of nitrogens with zero attached hydrogens (tertiary/aromatic N) is 1. The quantitative estimate of drug-likeness (QED) is 0.625. The molecule has 0 radical (unpaired) electrons. The molecule has 1 atom stereocenters. The van der Waals surface area contributed by atoms with Crippen molar-refractivity contribution in [2.75, 3.05) is 6.61 Å². The van der Waals surface area contributed by atoms with Gasteiger partial charge in [-0.15, -0.1) is 0 Å². The first-order valence-electron chi connectivity index (χ1n) is 6.98. The van der Waals surface area contributed by atoms with Gasteiger partial charge in [-0.05, 0) is 24.5 Å². The van der Waals surface area contributed by atoms with E-state index in [0.717, 1.165) is 11.3 Å². The number of aromatic amines is 1. The van der Waals surface area contributed by atoms with Crippen LogP contribution in [0, 0.1) is 0 Å². The highest BCUT2D eigenvalue weighted by Crippen LogP contribution is 2.17. The van der Waals surface area contributed by atoms with E-state index in [2.05, 4.69) is 20.8 Å². The number of aromatic nitrogens is 2. The molecule has 0 aliphatic rings. The third kappa shape index (κ3) is 4.92. The fourth-order valence-corrected chi connectivity index (χ4v) is 2.07. The van der Waals surface area contributed by atoms with Gasteiger partial charge in [0.25, 0.3) is 0 Å². The number of urea groups is 1. The average molecular weight is 288 g/mol. The van der Waals surface area contributed by atoms with Crippen molar-refractivity contribution in [1.29, 1.82) is 0 Å². The van der Waals surface area contributed by atoms with Crippen LogP contribution < -0.4 is 10.6 Å². The maximum Gasteiger partial charge on any atom is 0.315 e. The topological polar surface area (TPSA) is 90.0 Å². The highest BCUT2D eigenvalue weighted by Gasteiger charge is 2.13. The Bertz CT molecular complexity index is 528. The van der Waals surface area contributed by atoms with E-state index in [4.69, 9.17) is 5.11 Å². The number of amides is 2. The van der Waals surface area contributed by atoms with Gasteiger partial charge in [0, 0.05) is 12.8 Å². The summed E-state index contributed by atoms with van der Waals surface area (Å²) in [7, 11) is 0. The van der Waals surface area contributed by atoms with E-state index in [1.807, 2.05) is 30.3 Å². The summed E-state index contributed by atoms with van der Waals surface area (Å²) in [6, 6.07) is 11.2. The molecule has 4 N–H and O–H groups in total. The Kier molecular flexibility index (Phi) is 5.78. The largest absolute Gasteiger partial charge is 0.396 e. The highest BCUT2D eigenvalue weighted by atomic mass is 16.3. The van der Waals surface area contributed by atoms with Crippen molar-refractivity contribution in [2.24, 2.45) is 0 Å². The van der Waals surface area contributed by atoms with E-state index in [1.165, 1.54) is 0 Å². The lowest BCUT2D eigenvalue weighted by Crippen LogP contribution is -2.37. The number of carbonyl (C=O) groups excluding carboxylic acids is 1. The Balaban J connectivity index is 1.89. The number of nitrogens with one attached hydrogen (secondary N) is 3. The van der Waals surface area contributed by atoms with E-state index in [-0.39, 0.29) is 18.7 Å². The number of hydrogen-bond acceptors (Lipinski definition) is 3. The van der Waals surface area contributed by atoms with Crippen molar-refractivity contribution in [3.8, 4) is 0 Å². The van der Waals surface area contributed by atoms with Crippen LogP contribution in [0.3, 0.4) is 0 Å². The first kappa shape index (κ1) is 15.1. The molecule has 0 fully saturated rings. The molecule has 1 aromatic heterocycles. The molecule has 1 heterocycles. The van der Waals surface area contributed by atoms with E-state index in [9.17, 15) is 4.79 Å². The molecule has 2 amide bonds. The number of aliphatic hydroxyl groups excluding tert-OH is 1. The predicted octanol–water partition coefficient (Wildman–Crippen LogP) is 1.72. The van der Waals surface area contributed by atoms with Gasteiger partial charge in [0.2, 0.25) is 0 Å². The minimum atomic E-state index is -0.239. The zero-order valence-corrected chi connectivity index (χ0v) is 11.7. The molecule has 0 aliphatic heterocycles. The minimum absolute atomic E-state index is 0.111. The second kappa shape index (κ2) is 8.06. The van der Waals surface area contributed by atoms with Crippen LogP contribution in [0.25, 0.3) is 0 Å². The molecule has 2 aromatic rings. The molecule has 112 valence electrons. The average Bonchev–Trinajstić information content (AvgIpc) is 3.03. The van der Waals surface area contributed by atoms with Crippen molar-refractivity contribution in [1.82, 2.24) is 20.8 Å². The van der Waals surface area contributed by atoms with Gasteiger partial charge in [-0.1, -0.05) is 30.3 Å². The fraction of sp³-hybridized carbons (Fsp3) is 0.333. The summed E-state index contributed by atoms with van der Waals surface area (Å²) in [5.41, 5.74) is 1.87. The molecule has 1 unspecified atom stereocenters. The van der Waals surface area contributed by atoms with Crippen LogP contribution in [0.4, 0.5) is 4.79 Å². The summed E-state index contributed by atoms with van der Waals surface area (Å²) in [4.78, 5) is 12.0. The molecular formula is C15H20N4O2. The van der Waals surface area contributed by atoms with E-state index >= 15 is 0 Å². The Labute approximate surface area is 123 Å². The maximum absolute atomic E-state index is 12.0. The number of rotatable bonds is 7. The first-order valence-corrected chi connectivity index (χ1v) is 6.98. The van der Waals surface area contributed by atoms with E-state index < -0.39 is 0 Å². The number of hydrogen-bond donors (Lipinski definition) is 4. The Hall–Kier alpha value is -2.34. The molecule has 0 saturated carbocycles. The van der Waals surface area contributed by atoms with Crippen molar-refractivity contribution in [3.05, 3.63) is 53.9 Å². The second-order valence-electron chi connectivity index (χ2n) is 4.74. The van der Waals surface area contributed by atoms with Gasteiger partial charge in [0.1, 0.15) is 0 Å². The minimum Gasteiger partial charge on any atom is -0.396 e. The summed E-state index contributed by atoms with van der Waals surface area (Å²) < 4.78 is 0. The smallest absolute Gasteiger partial charge is 0.315 e. The summed E-state index contributed by atoms with van der Waals surface area (Å²) in [5.74, 6) is 0. The molecule has 0 saturated heterocycles. The summed E-state index contributed by atoms with van der Waals surface area (Å²) in [6.07, 6.45) is 2.97. The Morgan fingerprint density at radius 3 is 2.76 bits per heavy atom. The lowest BCUT2D eigenvalue weighted by molar-refractivity contribution is 0.232.